The SMILES string of the molecule is Cc1ncc(C(NN)c2ccc3c(c2)COC3)n1C. The van der Waals surface area contributed by atoms with Gasteiger partial charge in [0.2, 0.25) is 0 Å². The molecule has 1 atom stereocenters. The lowest BCUT2D eigenvalue weighted by molar-refractivity contribution is 0.134. The van der Waals surface area contributed by atoms with Crippen LogP contribution in [0, 0.1) is 6.92 Å². The van der Waals surface area contributed by atoms with Crippen LogP contribution in [0.25, 0.3) is 0 Å². The van der Waals surface area contributed by atoms with Gasteiger partial charge in [-0.15, -0.1) is 0 Å². The molecule has 100 valence electrons. The van der Waals surface area contributed by atoms with E-state index in [1.807, 2.05) is 24.7 Å². The lowest BCUT2D eigenvalue weighted by Gasteiger charge is -2.18. The molecule has 1 unspecified atom stereocenters. The van der Waals surface area contributed by atoms with Crippen molar-refractivity contribution in [3.63, 3.8) is 0 Å². The zero-order valence-corrected chi connectivity index (χ0v) is 11.2. The Morgan fingerprint density at radius 3 is 2.84 bits per heavy atom. The molecule has 3 rings (SSSR count). The molecule has 0 fully saturated rings. The first-order valence-corrected chi connectivity index (χ1v) is 6.34. The molecular formula is C14H18N4O. The molecule has 5 nitrogen and oxygen atoms in total. The maximum absolute atomic E-state index is 5.74. The number of hydrazine groups is 1. The quantitative estimate of drug-likeness (QED) is 0.643. The van der Waals surface area contributed by atoms with Gasteiger partial charge in [0, 0.05) is 7.05 Å². The highest BCUT2D eigenvalue weighted by Crippen LogP contribution is 2.27. The standard InChI is InChI=1S/C14H18N4O/c1-9-16-6-13(18(9)2)14(17-15)10-3-4-11-7-19-8-12(11)5-10/h3-6,14,17H,7-8,15H2,1-2H3. The molecule has 0 aliphatic carbocycles. The molecule has 0 saturated carbocycles. The van der Waals surface area contributed by atoms with Crippen LogP contribution in [0.4, 0.5) is 0 Å². The highest BCUT2D eigenvalue weighted by atomic mass is 16.5. The van der Waals surface area contributed by atoms with Gasteiger partial charge < -0.3 is 9.30 Å². The monoisotopic (exact) mass is 258 g/mol. The van der Waals surface area contributed by atoms with Crippen LogP contribution in [0.2, 0.25) is 0 Å². The number of ether oxygens (including phenoxy) is 1. The summed E-state index contributed by atoms with van der Waals surface area (Å²) in [5.74, 6) is 6.71. The third kappa shape index (κ3) is 2.06. The van der Waals surface area contributed by atoms with Crippen molar-refractivity contribution >= 4 is 0 Å². The molecule has 2 heterocycles. The average Bonchev–Trinajstić information content (AvgIpc) is 3.00. The van der Waals surface area contributed by atoms with E-state index in [2.05, 4.69) is 28.6 Å². The van der Waals surface area contributed by atoms with Gasteiger partial charge in [0.25, 0.3) is 0 Å². The van der Waals surface area contributed by atoms with Gasteiger partial charge in [-0.3, -0.25) is 5.84 Å². The summed E-state index contributed by atoms with van der Waals surface area (Å²) in [4.78, 5) is 4.33. The number of aryl methyl sites for hydroxylation is 1. The molecule has 19 heavy (non-hydrogen) atoms. The van der Waals surface area contributed by atoms with Gasteiger partial charge in [-0.25, -0.2) is 10.4 Å². The molecule has 5 heteroatoms. The molecule has 0 radical (unpaired) electrons. The summed E-state index contributed by atoms with van der Waals surface area (Å²) < 4.78 is 7.50. The van der Waals surface area contributed by atoms with Crippen molar-refractivity contribution in [1.82, 2.24) is 15.0 Å². The number of imidazole rings is 1. The molecule has 2 aromatic rings. The van der Waals surface area contributed by atoms with Gasteiger partial charge >= 0.3 is 0 Å². The van der Waals surface area contributed by atoms with Crippen LogP contribution in [0.5, 0.6) is 0 Å². The van der Waals surface area contributed by atoms with Crippen LogP contribution in [-0.4, -0.2) is 9.55 Å². The Bertz CT molecular complexity index is 605. The Morgan fingerprint density at radius 1 is 1.37 bits per heavy atom. The zero-order valence-electron chi connectivity index (χ0n) is 11.2. The number of hydrogen-bond acceptors (Lipinski definition) is 4. The fourth-order valence-electron chi connectivity index (χ4n) is 2.51. The van der Waals surface area contributed by atoms with E-state index < -0.39 is 0 Å². The van der Waals surface area contributed by atoms with Crippen molar-refractivity contribution < 1.29 is 4.74 Å². The van der Waals surface area contributed by atoms with E-state index >= 15 is 0 Å². The molecule has 1 aliphatic heterocycles. The molecule has 0 amide bonds. The minimum Gasteiger partial charge on any atom is -0.372 e. The van der Waals surface area contributed by atoms with E-state index in [-0.39, 0.29) is 6.04 Å². The second kappa shape index (κ2) is 4.77. The molecular weight excluding hydrogens is 240 g/mol. The van der Waals surface area contributed by atoms with Crippen LogP contribution in [0.15, 0.2) is 24.4 Å². The predicted molar refractivity (Wildman–Crippen MR) is 72.0 cm³/mol. The van der Waals surface area contributed by atoms with E-state index in [0.29, 0.717) is 13.2 Å². The third-order valence-corrected chi connectivity index (χ3v) is 3.80. The van der Waals surface area contributed by atoms with Crippen molar-refractivity contribution in [3.8, 4) is 0 Å². The minimum atomic E-state index is -0.0582. The smallest absolute Gasteiger partial charge is 0.105 e. The summed E-state index contributed by atoms with van der Waals surface area (Å²) in [6, 6.07) is 6.32. The normalized spacial score (nSPS) is 15.5. The Kier molecular flexibility index (Phi) is 3.10. The summed E-state index contributed by atoms with van der Waals surface area (Å²) in [6.45, 7) is 3.37. The molecule has 1 aromatic heterocycles. The first-order valence-electron chi connectivity index (χ1n) is 6.34. The van der Waals surface area contributed by atoms with Crippen molar-refractivity contribution in [2.45, 2.75) is 26.2 Å². The number of aromatic nitrogens is 2. The maximum atomic E-state index is 5.74. The number of rotatable bonds is 3. The number of benzene rings is 1. The zero-order chi connectivity index (χ0) is 13.4. The van der Waals surface area contributed by atoms with E-state index in [0.717, 1.165) is 17.1 Å². The van der Waals surface area contributed by atoms with Crippen LogP contribution in [0.1, 0.15) is 34.3 Å². The molecule has 0 saturated heterocycles. The van der Waals surface area contributed by atoms with Gasteiger partial charge in [0.05, 0.1) is 31.1 Å². The Labute approximate surface area is 112 Å². The molecule has 1 aromatic carbocycles. The molecule has 3 N–H and O–H groups in total. The van der Waals surface area contributed by atoms with E-state index in [1.165, 1.54) is 11.1 Å². The van der Waals surface area contributed by atoms with Gasteiger partial charge in [-0.05, 0) is 23.6 Å². The summed E-state index contributed by atoms with van der Waals surface area (Å²) in [7, 11) is 2.00. The van der Waals surface area contributed by atoms with Crippen LogP contribution < -0.4 is 11.3 Å². The Balaban J connectivity index is 2.01. The fourth-order valence-corrected chi connectivity index (χ4v) is 2.51. The Morgan fingerprint density at radius 2 is 2.16 bits per heavy atom. The highest BCUT2D eigenvalue weighted by molar-refractivity contribution is 5.37. The van der Waals surface area contributed by atoms with Crippen molar-refractivity contribution in [1.29, 1.82) is 0 Å². The van der Waals surface area contributed by atoms with Crippen LogP contribution >= 0.6 is 0 Å². The third-order valence-electron chi connectivity index (χ3n) is 3.80. The minimum absolute atomic E-state index is 0.0582. The number of fused-ring (bicyclic) bond motifs is 1. The first kappa shape index (κ1) is 12.3. The number of nitrogens with one attached hydrogen (secondary N) is 1. The second-order valence-corrected chi connectivity index (χ2v) is 4.91. The highest BCUT2D eigenvalue weighted by Gasteiger charge is 2.19. The number of nitrogens with two attached hydrogens (primary N) is 1. The lowest BCUT2D eigenvalue weighted by Crippen LogP contribution is -2.30. The van der Waals surface area contributed by atoms with Gasteiger partial charge in [-0.1, -0.05) is 18.2 Å². The van der Waals surface area contributed by atoms with E-state index in [4.69, 9.17) is 10.6 Å². The van der Waals surface area contributed by atoms with Crippen molar-refractivity contribution in [3.05, 3.63) is 52.6 Å². The molecule has 0 spiro atoms. The summed E-state index contributed by atoms with van der Waals surface area (Å²) in [6.07, 6.45) is 1.86. The summed E-state index contributed by atoms with van der Waals surface area (Å²) in [5.41, 5.74) is 7.58. The topological polar surface area (TPSA) is 65.1 Å². The average molecular weight is 258 g/mol. The predicted octanol–water partition coefficient (Wildman–Crippen LogP) is 1.31. The van der Waals surface area contributed by atoms with Crippen LogP contribution in [0.3, 0.4) is 0 Å². The van der Waals surface area contributed by atoms with Crippen molar-refractivity contribution in [2.24, 2.45) is 12.9 Å². The number of nitrogens with zero attached hydrogens (tertiary/aromatic N) is 2. The molecule has 0 bridgehead atoms. The largest absolute Gasteiger partial charge is 0.372 e. The van der Waals surface area contributed by atoms with Gasteiger partial charge in [0.15, 0.2) is 0 Å². The van der Waals surface area contributed by atoms with Crippen molar-refractivity contribution in [2.75, 3.05) is 0 Å². The summed E-state index contributed by atoms with van der Waals surface area (Å²) >= 11 is 0. The second-order valence-electron chi connectivity index (χ2n) is 4.91. The Hall–Kier alpha value is -1.69. The first-order chi connectivity index (χ1) is 9.20. The van der Waals surface area contributed by atoms with E-state index in [1.54, 1.807) is 0 Å². The van der Waals surface area contributed by atoms with Gasteiger partial charge in [0.1, 0.15) is 5.82 Å². The maximum Gasteiger partial charge on any atom is 0.105 e. The van der Waals surface area contributed by atoms with Gasteiger partial charge in [-0.2, -0.15) is 0 Å². The number of hydrogen-bond donors (Lipinski definition) is 2. The van der Waals surface area contributed by atoms with Crippen LogP contribution in [-0.2, 0) is 25.0 Å². The fraction of sp³-hybridized carbons (Fsp3) is 0.357. The lowest BCUT2D eigenvalue weighted by atomic mass is 9.99. The summed E-state index contributed by atoms with van der Waals surface area (Å²) in [5, 5.41) is 0. The molecule has 1 aliphatic rings. The van der Waals surface area contributed by atoms with E-state index in [9.17, 15) is 0 Å².